The average Bonchev–Trinajstić information content (AvgIpc) is 3.69. The van der Waals surface area contributed by atoms with Crippen LogP contribution in [0, 0.1) is 5.82 Å². The van der Waals surface area contributed by atoms with Crippen LogP contribution in [0.25, 0.3) is 27.4 Å². The monoisotopic (exact) mass is 612 g/mol. The highest BCUT2D eigenvalue weighted by molar-refractivity contribution is 7.18. The van der Waals surface area contributed by atoms with Crippen LogP contribution in [0.15, 0.2) is 71.3 Å². The first-order chi connectivity index (χ1) is 20.6. The highest BCUT2D eigenvalue weighted by atomic mass is 32.1. The van der Waals surface area contributed by atoms with Gasteiger partial charge in [-0.15, -0.1) is 5.10 Å². The second-order valence-corrected chi connectivity index (χ2v) is 10.1. The highest BCUT2D eigenvalue weighted by Gasteiger charge is 2.34. The van der Waals surface area contributed by atoms with Gasteiger partial charge < -0.3 is 23.9 Å². The molecule has 43 heavy (non-hydrogen) atoms. The van der Waals surface area contributed by atoms with Crippen molar-refractivity contribution in [1.82, 2.24) is 14.6 Å². The summed E-state index contributed by atoms with van der Waals surface area (Å²) in [6.07, 6.45) is -3.21. The van der Waals surface area contributed by atoms with E-state index in [1.165, 1.54) is 25.6 Å². The largest absolute Gasteiger partial charge is 0.496 e. The van der Waals surface area contributed by atoms with Crippen LogP contribution in [0.4, 0.5) is 23.2 Å². The number of halogens is 4. The molecular weight excluding hydrogens is 592 g/mol. The van der Waals surface area contributed by atoms with Crippen molar-refractivity contribution in [1.29, 1.82) is 0 Å². The van der Waals surface area contributed by atoms with E-state index in [-0.39, 0.29) is 12.2 Å². The Labute approximate surface area is 244 Å². The van der Waals surface area contributed by atoms with Crippen molar-refractivity contribution in [3.8, 4) is 28.1 Å². The predicted molar refractivity (Wildman–Crippen MR) is 149 cm³/mol. The number of fused-ring (bicyclic) bond motifs is 2. The lowest BCUT2D eigenvalue weighted by molar-refractivity contribution is -0.140. The molecule has 0 radical (unpaired) electrons. The minimum Gasteiger partial charge on any atom is -0.496 e. The molecule has 0 unspecified atom stereocenters. The van der Waals surface area contributed by atoms with Gasteiger partial charge in [0.15, 0.2) is 5.76 Å². The van der Waals surface area contributed by atoms with Gasteiger partial charge in [-0.05, 0) is 53.3 Å². The summed E-state index contributed by atoms with van der Waals surface area (Å²) in [4.78, 5) is 17.8. The van der Waals surface area contributed by atoms with Crippen molar-refractivity contribution in [3.63, 3.8) is 0 Å². The van der Waals surface area contributed by atoms with Crippen molar-refractivity contribution in [2.75, 3.05) is 19.5 Å². The third kappa shape index (κ3) is 5.68. The zero-order valence-corrected chi connectivity index (χ0v) is 23.2. The van der Waals surface area contributed by atoms with Gasteiger partial charge in [-0.25, -0.2) is 13.9 Å². The van der Waals surface area contributed by atoms with E-state index in [2.05, 4.69) is 15.4 Å². The van der Waals surface area contributed by atoms with Gasteiger partial charge in [0.2, 0.25) is 4.96 Å². The number of imidazole rings is 1. The predicted octanol–water partition coefficient (Wildman–Crippen LogP) is 7.21. The SMILES string of the molecule is COc1cc(OCc2cccc(NC(=O)c3ccc(F)c(C(F)(F)F)c3)c2)c2cc(-c3cn4nc(OC)sc4n3)oc2c1. The normalized spacial score (nSPS) is 11.7. The number of hydrogen-bond acceptors (Lipinski definition) is 8. The molecule has 3 aromatic carbocycles. The maximum absolute atomic E-state index is 13.6. The van der Waals surface area contributed by atoms with Crippen LogP contribution < -0.4 is 19.5 Å². The molecule has 6 aromatic rings. The van der Waals surface area contributed by atoms with E-state index >= 15 is 0 Å². The molecule has 3 heterocycles. The Kier molecular flexibility index (Phi) is 7.13. The minimum atomic E-state index is -4.93. The van der Waals surface area contributed by atoms with Gasteiger partial charge >= 0.3 is 6.18 Å². The average molecular weight is 613 g/mol. The molecule has 1 N–H and O–H groups in total. The number of nitrogens with one attached hydrogen (secondary N) is 1. The lowest BCUT2D eigenvalue weighted by Gasteiger charge is -2.12. The number of carbonyl (C=O) groups excluding carboxylic acids is 1. The summed E-state index contributed by atoms with van der Waals surface area (Å²) in [5.74, 6) is -0.826. The van der Waals surface area contributed by atoms with Crippen molar-refractivity contribution in [2.24, 2.45) is 0 Å². The topological polar surface area (TPSA) is 100 Å². The Hall–Kier alpha value is -5.11. The summed E-state index contributed by atoms with van der Waals surface area (Å²) in [6.45, 7) is 0.0746. The molecule has 1 amide bonds. The number of methoxy groups -OCH3 is 2. The number of alkyl halides is 3. The number of nitrogens with zero attached hydrogens (tertiary/aromatic N) is 3. The fourth-order valence-corrected chi connectivity index (χ4v) is 5.02. The van der Waals surface area contributed by atoms with Gasteiger partial charge in [0.25, 0.3) is 11.1 Å². The van der Waals surface area contributed by atoms with Crippen molar-refractivity contribution in [3.05, 3.63) is 89.4 Å². The molecular formula is C29H20F4N4O5S. The van der Waals surface area contributed by atoms with Gasteiger partial charge in [0, 0.05) is 23.4 Å². The maximum Gasteiger partial charge on any atom is 0.419 e. The first kappa shape index (κ1) is 28.0. The van der Waals surface area contributed by atoms with Crippen molar-refractivity contribution < 1.29 is 41.0 Å². The molecule has 0 spiro atoms. The Morgan fingerprint density at radius 1 is 1.07 bits per heavy atom. The van der Waals surface area contributed by atoms with Crippen LogP contribution in [-0.4, -0.2) is 34.7 Å². The van der Waals surface area contributed by atoms with Crippen LogP contribution >= 0.6 is 11.3 Å². The van der Waals surface area contributed by atoms with Crippen molar-refractivity contribution in [2.45, 2.75) is 12.8 Å². The number of hydrogen-bond donors (Lipinski definition) is 1. The number of benzene rings is 3. The quantitative estimate of drug-likeness (QED) is 0.181. The zero-order valence-electron chi connectivity index (χ0n) is 22.4. The Morgan fingerprint density at radius 3 is 2.65 bits per heavy atom. The van der Waals surface area contributed by atoms with E-state index < -0.39 is 23.5 Å². The third-order valence-corrected chi connectivity index (χ3v) is 7.26. The molecule has 0 aliphatic heterocycles. The van der Waals surface area contributed by atoms with Gasteiger partial charge in [0.1, 0.15) is 35.2 Å². The van der Waals surface area contributed by atoms with Crippen molar-refractivity contribution >= 4 is 38.9 Å². The first-order valence-corrected chi connectivity index (χ1v) is 13.3. The molecule has 0 saturated carbocycles. The van der Waals surface area contributed by atoms with Crippen LogP contribution in [-0.2, 0) is 12.8 Å². The molecule has 0 fully saturated rings. The van der Waals surface area contributed by atoms with E-state index in [1.807, 2.05) is 0 Å². The number of furan rings is 1. The molecule has 0 aliphatic carbocycles. The van der Waals surface area contributed by atoms with E-state index in [0.717, 1.165) is 6.07 Å². The Morgan fingerprint density at radius 2 is 1.91 bits per heavy atom. The lowest BCUT2D eigenvalue weighted by atomic mass is 10.1. The molecule has 0 aliphatic rings. The molecule has 0 bridgehead atoms. The van der Waals surface area contributed by atoms with Crippen LogP contribution in [0.2, 0.25) is 0 Å². The van der Waals surface area contributed by atoms with E-state index in [9.17, 15) is 22.4 Å². The first-order valence-electron chi connectivity index (χ1n) is 12.5. The maximum atomic E-state index is 13.6. The van der Waals surface area contributed by atoms with Gasteiger partial charge in [-0.2, -0.15) is 13.2 Å². The number of ether oxygens (including phenoxy) is 3. The summed E-state index contributed by atoms with van der Waals surface area (Å²) < 4.78 is 77.2. The number of rotatable bonds is 8. The van der Waals surface area contributed by atoms with E-state index in [4.69, 9.17) is 18.6 Å². The number of anilines is 1. The standard InChI is InChI=1S/C29H20F4N4O5S/c1-39-18-10-23(19-12-25(42-24(19)11-18)22-13-37-27(35-22)43-28(36-37)40-2)41-14-15-4-3-5-17(8-15)34-26(38)16-6-7-21(30)20(9-16)29(31,32)33/h3-13H,14H2,1-2H3,(H,34,38). The zero-order chi connectivity index (χ0) is 30.3. The summed E-state index contributed by atoms with van der Waals surface area (Å²) >= 11 is 1.29. The third-order valence-electron chi connectivity index (χ3n) is 6.37. The van der Waals surface area contributed by atoms with Crippen LogP contribution in [0.3, 0.4) is 0 Å². The Balaban J connectivity index is 1.21. The minimum absolute atomic E-state index is 0.0746. The van der Waals surface area contributed by atoms with Gasteiger partial charge in [-0.3, -0.25) is 4.79 Å². The molecule has 3 aromatic heterocycles. The number of amides is 1. The van der Waals surface area contributed by atoms with Crippen LogP contribution in [0.5, 0.6) is 16.7 Å². The molecule has 9 nitrogen and oxygen atoms in total. The molecule has 14 heteroatoms. The second-order valence-electron chi connectivity index (χ2n) is 9.21. The number of aromatic nitrogens is 3. The van der Waals surface area contributed by atoms with E-state index in [0.29, 0.717) is 67.5 Å². The highest BCUT2D eigenvalue weighted by Crippen LogP contribution is 2.38. The molecule has 6 rings (SSSR count). The summed E-state index contributed by atoms with van der Waals surface area (Å²) in [5, 5.41) is 7.96. The summed E-state index contributed by atoms with van der Waals surface area (Å²) in [6, 6.07) is 13.9. The lowest BCUT2D eigenvalue weighted by Crippen LogP contribution is -2.15. The molecule has 0 atom stereocenters. The van der Waals surface area contributed by atoms with Gasteiger partial charge in [0.05, 0.1) is 31.4 Å². The summed E-state index contributed by atoms with van der Waals surface area (Å²) in [5.41, 5.74) is 0.188. The summed E-state index contributed by atoms with van der Waals surface area (Å²) in [7, 11) is 3.05. The molecule has 220 valence electrons. The number of carbonyl (C=O) groups is 1. The van der Waals surface area contributed by atoms with Crippen LogP contribution in [0.1, 0.15) is 21.5 Å². The van der Waals surface area contributed by atoms with E-state index in [1.54, 1.807) is 53.2 Å². The second kappa shape index (κ2) is 10.9. The fraction of sp³-hybridized carbons (Fsp3) is 0.138. The Bertz CT molecular complexity index is 1950. The molecule has 0 saturated heterocycles. The fourth-order valence-electron chi connectivity index (χ4n) is 4.32. The smallest absolute Gasteiger partial charge is 0.419 e. The van der Waals surface area contributed by atoms with Gasteiger partial charge in [-0.1, -0.05) is 12.1 Å².